The Morgan fingerprint density at radius 1 is 1.23 bits per heavy atom. The number of hydrogen-bond donors (Lipinski definition) is 3. The van der Waals surface area contributed by atoms with Gasteiger partial charge in [-0.1, -0.05) is 17.7 Å². The summed E-state index contributed by atoms with van der Waals surface area (Å²) >= 11 is 7.55. The summed E-state index contributed by atoms with van der Waals surface area (Å²) in [6.07, 6.45) is 4.64. The number of carboxylic acid groups (broad SMARTS) is 2. The van der Waals surface area contributed by atoms with Gasteiger partial charge in [0, 0.05) is 37.8 Å². The lowest BCUT2D eigenvalue weighted by Crippen LogP contribution is -2.38. The highest BCUT2D eigenvalue weighted by molar-refractivity contribution is 7.22. The largest absolute Gasteiger partial charge is 0.478 e. The highest BCUT2D eigenvalue weighted by Crippen LogP contribution is 2.32. The maximum absolute atomic E-state index is 13.5. The van der Waals surface area contributed by atoms with Gasteiger partial charge >= 0.3 is 11.9 Å². The Balaban J connectivity index is 0.000000371. The molecule has 0 saturated carbocycles. The van der Waals surface area contributed by atoms with Crippen LogP contribution in [0.3, 0.4) is 0 Å². The zero-order valence-electron chi connectivity index (χ0n) is 18.3. The van der Waals surface area contributed by atoms with Gasteiger partial charge in [0.25, 0.3) is 0 Å². The molecule has 12 heteroatoms. The topological polar surface area (TPSA) is 139 Å². The summed E-state index contributed by atoms with van der Waals surface area (Å²) in [7, 11) is 0. The summed E-state index contributed by atoms with van der Waals surface area (Å²) in [4.78, 5) is 31.0. The molecule has 1 saturated heterocycles. The van der Waals surface area contributed by atoms with Crippen molar-refractivity contribution in [1.29, 1.82) is 5.26 Å². The molecule has 0 atom stereocenters. The average Bonchev–Trinajstić information content (AvgIpc) is 3.22. The second-order valence-corrected chi connectivity index (χ2v) is 9.28. The number of halogens is 2. The first-order chi connectivity index (χ1) is 16.7. The van der Waals surface area contributed by atoms with E-state index in [0.29, 0.717) is 22.5 Å². The van der Waals surface area contributed by atoms with Crippen LogP contribution < -0.4 is 5.32 Å². The van der Waals surface area contributed by atoms with Crippen LogP contribution in [0.25, 0.3) is 10.2 Å². The Bertz CT molecular complexity index is 1270. The first-order valence-corrected chi connectivity index (χ1v) is 11.7. The molecule has 0 aliphatic carbocycles. The van der Waals surface area contributed by atoms with E-state index < -0.39 is 17.8 Å². The smallest absolute Gasteiger partial charge is 0.328 e. The molecule has 1 fully saturated rings. The van der Waals surface area contributed by atoms with Gasteiger partial charge in [-0.2, -0.15) is 5.26 Å². The van der Waals surface area contributed by atoms with Crippen molar-refractivity contribution in [3.8, 4) is 6.07 Å². The van der Waals surface area contributed by atoms with Crippen LogP contribution in [0.1, 0.15) is 24.0 Å². The first kappa shape index (κ1) is 26.0. The summed E-state index contributed by atoms with van der Waals surface area (Å²) in [6.45, 7) is 2.57. The number of nitrogens with one attached hydrogen (secondary N) is 1. The summed E-state index contributed by atoms with van der Waals surface area (Å²) < 4.78 is 14.2. The number of nitrogens with zero attached hydrogens (tertiary/aromatic N) is 4. The standard InChI is InChI=1S/C19H17ClFN5S.C4H4O4/c20-17-8-15-18(23-11-24-19(15)27-17)25-14-3-5-26(6-4-14)10-12-1-2-16(21)13(7-12)9-22;5-3(6)1-2-4(7)8/h1-2,7-8,11,14H,3-6,10H2,(H,23,24,25);1-2H,(H,5,6)(H,7,8)/b;2-1+. The van der Waals surface area contributed by atoms with Gasteiger partial charge in [0.05, 0.1) is 15.3 Å². The highest BCUT2D eigenvalue weighted by Gasteiger charge is 2.21. The van der Waals surface area contributed by atoms with E-state index in [1.54, 1.807) is 18.5 Å². The zero-order valence-corrected chi connectivity index (χ0v) is 19.9. The molecule has 3 heterocycles. The molecule has 1 aliphatic rings. The summed E-state index contributed by atoms with van der Waals surface area (Å²) in [5.41, 5.74) is 1.07. The lowest BCUT2D eigenvalue weighted by molar-refractivity contribution is -0.134. The monoisotopic (exact) mass is 517 g/mol. The lowest BCUT2D eigenvalue weighted by atomic mass is 10.0. The molecule has 0 unspecified atom stereocenters. The molecule has 0 bridgehead atoms. The van der Waals surface area contributed by atoms with E-state index in [2.05, 4.69) is 20.2 Å². The predicted molar refractivity (Wildman–Crippen MR) is 130 cm³/mol. The third-order valence-corrected chi connectivity index (χ3v) is 6.33. The van der Waals surface area contributed by atoms with Crippen molar-refractivity contribution in [1.82, 2.24) is 14.9 Å². The van der Waals surface area contributed by atoms with Crippen LogP contribution in [0.4, 0.5) is 10.2 Å². The highest BCUT2D eigenvalue weighted by atomic mass is 35.5. The van der Waals surface area contributed by atoms with Gasteiger partial charge in [-0.25, -0.2) is 23.9 Å². The Morgan fingerprint density at radius 2 is 1.91 bits per heavy atom. The van der Waals surface area contributed by atoms with Gasteiger partial charge in [-0.15, -0.1) is 11.3 Å². The number of rotatable bonds is 6. The van der Waals surface area contributed by atoms with Crippen LogP contribution in [-0.2, 0) is 16.1 Å². The second kappa shape index (κ2) is 12.2. The van der Waals surface area contributed by atoms with Crippen LogP contribution in [0, 0.1) is 17.1 Å². The summed E-state index contributed by atoms with van der Waals surface area (Å²) in [5.74, 6) is -2.15. The minimum atomic E-state index is -1.26. The number of piperidine rings is 1. The van der Waals surface area contributed by atoms with E-state index in [-0.39, 0.29) is 5.56 Å². The predicted octanol–water partition coefficient (Wildman–Crippen LogP) is 4.14. The Morgan fingerprint density at radius 3 is 2.54 bits per heavy atom. The minimum absolute atomic E-state index is 0.103. The third-order valence-electron chi connectivity index (χ3n) is 5.15. The molecule has 9 nitrogen and oxygen atoms in total. The Labute approximate surface area is 209 Å². The van der Waals surface area contributed by atoms with Gasteiger partial charge in [0.2, 0.25) is 0 Å². The van der Waals surface area contributed by atoms with Crippen molar-refractivity contribution >= 4 is 50.9 Å². The quantitative estimate of drug-likeness (QED) is 0.411. The number of aliphatic carboxylic acids is 2. The van der Waals surface area contributed by atoms with Gasteiger partial charge in [-0.3, -0.25) is 4.90 Å². The van der Waals surface area contributed by atoms with E-state index in [0.717, 1.165) is 54.1 Å². The van der Waals surface area contributed by atoms with E-state index in [9.17, 15) is 14.0 Å². The first-order valence-electron chi connectivity index (χ1n) is 10.5. The van der Waals surface area contributed by atoms with Crippen molar-refractivity contribution in [2.24, 2.45) is 0 Å². The van der Waals surface area contributed by atoms with Crippen LogP contribution in [0.5, 0.6) is 0 Å². The van der Waals surface area contributed by atoms with E-state index in [1.807, 2.05) is 12.1 Å². The average molecular weight is 518 g/mol. The number of thiophene rings is 1. The molecule has 0 amide bonds. The van der Waals surface area contributed by atoms with Gasteiger partial charge in [0.1, 0.15) is 28.9 Å². The lowest BCUT2D eigenvalue weighted by Gasteiger charge is -2.32. The van der Waals surface area contributed by atoms with Crippen LogP contribution in [-0.4, -0.2) is 56.2 Å². The maximum Gasteiger partial charge on any atom is 0.328 e. The van der Waals surface area contributed by atoms with Gasteiger partial charge in [-0.05, 0) is 36.6 Å². The van der Waals surface area contributed by atoms with Crippen molar-refractivity contribution in [3.05, 3.63) is 64.0 Å². The number of hydrogen-bond acceptors (Lipinski definition) is 8. The number of aromatic nitrogens is 2. The molecule has 1 aromatic carbocycles. The minimum Gasteiger partial charge on any atom is -0.478 e. The number of likely N-dealkylation sites (tertiary alicyclic amines) is 1. The van der Waals surface area contributed by atoms with Crippen molar-refractivity contribution in [3.63, 3.8) is 0 Å². The fourth-order valence-corrected chi connectivity index (χ4v) is 4.58. The number of nitriles is 1. The van der Waals surface area contributed by atoms with E-state index >= 15 is 0 Å². The van der Waals surface area contributed by atoms with Crippen molar-refractivity contribution in [2.45, 2.75) is 25.4 Å². The molecule has 3 aromatic rings. The van der Waals surface area contributed by atoms with E-state index in [4.69, 9.17) is 27.1 Å². The molecular formula is C23H21ClFN5O4S. The SMILES string of the molecule is N#Cc1cc(CN2CCC(Nc3ncnc4sc(Cl)cc34)CC2)ccc1F.O=C(O)/C=C/C(=O)O. The summed E-state index contributed by atoms with van der Waals surface area (Å²) in [6, 6.07) is 8.89. The normalized spacial score (nSPS) is 14.3. The molecule has 1 aliphatic heterocycles. The molecule has 4 rings (SSSR count). The number of carbonyl (C=O) groups is 2. The third kappa shape index (κ3) is 7.71. The zero-order chi connectivity index (χ0) is 25.4. The molecule has 182 valence electrons. The molecule has 35 heavy (non-hydrogen) atoms. The van der Waals surface area contributed by atoms with Gasteiger partial charge in [0.15, 0.2) is 0 Å². The van der Waals surface area contributed by atoms with Crippen LogP contribution >= 0.6 is 22.9 Å². The number of anilines is 1. The van der Waals surface area contributed by atoms with Crippen molar-refractivity contribution < 1.29 is 24.2 Å². The number of fused-ring (bicyclic) bond motifs is 1. The molecule has 2 aromatic heterocycles. The summed E-state index contributed by atoms with van der Waals surface area (Å²) in [5, 5.41) is 29.1. The molecule has 0 spiro atoms. The van der Waals surface area contributed by atoms with Crippen LogP contribution in [0.15, 0.2) is 42.7 Å². The molecule has 0 radical (unpaired) electrons. The Hall–Kier alpha value is -3.59. The fraction of sp³-hybridized carbons (Fsp3) is 0.261. The molecule has 3 N–H and O–H groups in total. The maximum atomic E-state index is 13.5. The molecular weight excluding hydrogens is 497 g/mol. The van der Waals surface area contributed by atoms with E-state index in [1.165, 1.54) is 17.4 Å². The number of carboxylic acids is 2. The fourth-order valence-electron chi connectivity index (χ4n) is 3.53. The number of benzene rings is 1. The second-order valence-electron chi connectivity index (χ2n) is 7.62. The van der Waals surface area contributed by atoms with Crippen molar-refractivity contribution in [2.75, 3.05) is 18.4 Å². The van der Waals surface area contributed by atoms with Crippen LogP contribution in [0.2, 0.25) is 4.34 Å². The van der Waals surface area contributed by atoms with Gasteiger partial charge < -0.3 is 15.5 Å². The Kier molecular flexibility index (Phi) is 9.08.